The largest absolute Gasteiger partial charge is 0.383 e. The molecule has 0 aromatic carbocycles. The van der Waals surface area contributed by atoms with E-state index in [0.29, 0.717) is 18.8 Å². The van der Waals surface area contributed by atoms with Crippen molar-refractivity contribution < 1.29 is 9.84 Å². The monoisotopic (exact) mass is 392 g/mol. The zero-order valence-electron chi connectivity index (χ0n) is 16.5. The number of methoxy groups -OCH3 is 1. The van der Waals surface area contributed by atoms with Gasteiger partial charge < -0.3 is 25.5 Å². The van der Waals surface area contributed by atoms with Crippen molar-refractivity contribution in [3.05, 3.63) is 36.4 Å². The molecule has 1 aliphatic rings. The van der Waals surface area contributed by atoms with Gasteiger partial charge in [0.2, 0.25) is 5.95 Å². The van der Waals surface area contributed by atoms with Crippen molar-refractivity contribution in [3.63, 3.8) is 0 Å². The van der Waals surface area contributed by atoms with Gasteiger partial charge >= 0.3 is 0 Å². The van der Waals surface area contributed by atoms with Gasteiger partial charge in [-0.05, 0) is 25.0 Å². The fraction of sp³-hybridized carbons (Fsp3) is 0.381. The van der Waals surface area contributed by atoms with Crippen LogP contribution < -0.4 is 11.1 Å². The number of hydrogen-bond donors (Lipinski definition) is 3. The number of rotatable bonds is 5. The van der Waals surface area contributed by atoms with Gasteiger partial charge in [-0.15, -0.1) is 0 Å². The summed E-state index contributed by atoms with van der Waals surface area (Å²) in [5.74, 6) is 6.37. The highest BCUT2D eigenvalue weighted by atomic mass is 16.5. The summed E-state index contributed by atoms with van der Waals surface area (Å²) in [6.07, 6.45) is 5.45. The number of aromatic nitrogens is 4. The molecule has 0 spiro atoms. The van der Waals surface area contributed by atoms with Crippen LogP contribution in [0.5, 0.6) is 0 Å². The van der Waals surface area contributed by atoms with Crippen LogP contribution in [0.3, 0.4) is 0 Å². The number of nitrogens with zero attached hydrogens (tertiary/aromatic N) is 4. The molecule has 1 saturated heterocycles. The van der Waals surface area contributed by atoms with Crippen LogP contribution >= 0.6 is 0 Å². The zero-order chi connectivity index (χ0) is 20.4. The molecule has 0 amide bonds. The number of fused-ring (bicyclic) bond motifs is 1. The van der Waals surface area contributed by atoms with Gasteiger partial charge in [0.15, 0.2) is 0 Å². The van der Waals surface area contributed by atoms with Gasteiger partial charge in [0.25, 0.3) is 0 Å². The number of ether oxygens (including phenoxy) is 1. The van der Waals surface area contributed by atoms with E-state index in [1.54, 1.807) is 26.4 Å². The standard InChI is InChI=1S/C21H24N6O2/c1-21(28,14-10-23-11-14)5-3-15-9-16-17(18-4-6-24-20(22)26-18)13-27(7-8-29-2)19(16)12-25-15/h4,6,9,12-14,23,28H,7-8,10-11H2,1-2H3,(H2,22,24,26). The third-order valence-corrected chi connectivity index (χ3v) is 5.27. The summed E-state index contributed by atoms with van der Waals surface area (Å²) in [5.41, 5.74) is 7.94. The Morgan fingerprint density at radius 3 is 2.93 bits per heavy atom. The zero-order valence-corrected chi connectivity index (χ0v) is 16.5. The van der Waals surface area contributed by atoms with Crippen LogP contribution in [0.4, 0.5) is 5.95 Å². The molecular formula is C21H24N6O2. The second-order valence-corrected chi connectivity index (χ2v) is 7.37. The number of nitrogens with two attached hydrogens (primary N) is 1. The average molecular weight is 392 g/mol. The Bertz CT molecular complexity index is 1090. The second-order valence-electron chi connectivity index (χ2n) is 7.37. The lowest BCUT2D eigenvalue weighted by molar-refractivity contribution is 0.0295. The Hall–Kier alpha value is -2.99. The number of aliphatic hydroxyl groups is 1. The molecule has 0 radical (unpaired) electrons. The van der Waals surface area contributed by atoms with Crippen molar-refractivity contribution in [2.45, 2.75) is 19.1 Å². The quantitative estimate of drug-likeness (QED) is 0.557. The first-order chi connectivity index (χ1) is 14.0. The first-order valence-electron chi connectivity index (χ1n) is 9.51. The van der Waals surface area contributed by atoms with Gasteiger partial charge in [0, 0.05) is 56.0 Å². The predicted octanol–water partition coefficient (Wildman–Crippen LogP) is 1.04. The molecule has 4 rings (SSSR count). The van der Waals surface area contributed by atoms with E-state index in [2.05, 4.69) is 36.7 Å². The third kappa shape index (κ3) is 3.93. The third-order valence-electron chi connectivity index (χ3n) is 5.27. The summed E-state index contributed by atoms with van der Waals surface area (Å²) in [6.45, 7) is 4.56. The summed E-state index contributed by atoms with van der Waals surface area (Å²) < 4.78 is 7.30. The van der Waals surface area contributed by atoms with Crippen molar-refractivity contribution in [1.29, 1.82) is 0 Å². The van der Waals surface area contributed by atoms with Crippen LogP contribution in [0.25, 0.3) is 22.2 Å². The van der Waals surface area contributed by atoms with Gasteiger partial charge in [0.05, 0.1) is 24.0 Å². The molecule has 150 valence electrons. The number of nitrogens with one attached hydrogen (secondary N) is 1. The first-order valence-corrected chi connectivity index (χ1v) is 9.51. The highest BCUT2D eigenvalue weighted by Gasteiger charge is 2.34. The van der Waals surface area contributed by atoms with E-state index >= 15 is 0 Å². The molecule has 8 nitrogen and oxygen atoms in total. The Morgan fingerprint density at radius 2 is 2.24 bits per heavy atom. The van der Waals surface area contributed by atoms with E-state index in [-0.39, 0.29) is 11.9 Å². The lowest BCUT2D eigenvalue weighted by atomic mass is 9.85. The Labute approximate surface area is 169 Å². The van der Waals surface area contributed by atoms with Crippen molar-refractivity contribution in [2.75, 3.05) is 32.5 Å². The van der Waals surface area contributed by atoms with Crippen molar-refractivity contribution in [1.82, 2.24) is 24.8 Å². The molecular weight excluding hydrogens is 368 g/mol. The van der Waals surface area contributed by atoms with Crippen molar-refractivity contribution >= 4 is 16.9 Å². The maximum atomic E-state index is 10.6. The Morgan fingerprint density at radius 1 is 1.41 bits per heavy atom. The minimum atomic E-state index is -1.05. The molecule has 29 heavy (non-hydrogen) atoms. The van der Waals surface area contributed by atoms with Gasteiger partial charge in [-0.1, -0.05) is 5.92 Å². The van der Waals surface area contributed by atoms with Crippen LogP contribution in [0, 0.1) is 17.8 Å². The van der Waals surface area contributed by atoms with E-state index < -0.39 is 5.60 Å². The lowest BCUT2D eigenvalue weighted by Crippen LogP contribution is -2.53. The molecule has 0 aliphatic carbocycles. The number of nitrogen functional groups attached to an aromatic ring is 1. The maximum absolute atomic E-state index is 10.6. The SMILES string of the molecule is COCCn1cc(-c2ccnc(N)n2)c2cc(C#CC(C)(O)C3CNC3)ncc21. The first kappa shape index (κ1) is 19.3. The van der Waals surface area contributed by atoms with Crippen LogP contribution in [0.15, 0.2) is 30.7 Å². The molecule has 4 N–H and O–H groups in total. The van der Waals surface area contributed by atoms with Crippen LogP contribution in [0.1, 0.15) is 12.6 Å². The minimum Gasteiger partial charge on any atom is -0.383 e. The molecule has 4 heterocycles. The Kier molecular flexibility index (Phi) is 5.20. The molecule has 1 aliphatic heterocycles. The van der Waals surface area contributed by atoms with E-state index in [0.717, 1.165) is 35.2 Å². The average Bonchev–Trinajstić information content (AvgIpc) is 3.01. The number of hydrogen-bond acceptors (Lipinski definition) is 7. The molecule has 1 atom stereocenters. The van der Waals surface area contributed by atoms with E-state index in [9.17, 15) is 5.11 Å². The van der Waals surface area contributed by atoms with Gasteiger partial charge in [-0.2, -0.15) is 0 Å². The molecule has 8 heteroatoms. The van der Waals surface area contributed by atoms with E-state index in [1.807, 2.05) is 18.3 Å². The lowest BCUT2D eigenvalue weighted by Gasteiger charge is -2.36. The summed E-state index contributed by atoms with van der Waals surface area (Å²) in [7, 11) is 1.67. The smallest absolute Gasteiger partial charge is 0.220 e. The fourth-order valence-corrected chi connectivity index (χ4v) is 3.34. The molecule has 0 saturated carbocycles. The molecule has 3 aromatic heterocycles. The minimum absolute atomic E-state index is 0.133. The van der Waals surface area contributed by atoms with Crippen molar-refractivity contribution in [3.8, 4) is 23.1 Å². The highest BCUT2D eigenvalue weighted by molar-refractivity contribution is 5.95. The van der Waals surface area contributed by atoms with E-state index in [1.165, 1.54) is 0 Å². The molecule has 3 aromatic rings. The summed E-state index contributed by atoms with van der Waals surface area (Å²) in [6, 6.07) is 3.75. The molecule has 1 fully saturated rings. The predicted molar refractivity (Wildman–Crippen MR) is 111 cm³/mol. The van der Waals surface area contributed by atoms with Crippen LogP contribution in [-0.2, 0) is 11.3 Å². The fourth-order valence-electron chi connectivity index (χ4n) is 3.34. The van der Waals surface area contributed by atoms with Crippen LogP contribution in [-0.4, -0.2) is 57.0 Å². The Balaban J connectivity index is 1.77. The maximum Gasteiger partial charge on any atom is 0.220 e. The topological polar surface area (TPSA) is 111 Å². The summed E-state index contributed by atoms with van der Waals surface area (Å²) in [4.78, 5) is 12.8. The normalized spacial score (nSPS) is 16.1. The molecule has 0 bridgehead atoms. The summed E-state index contributed by atoms with van der Waals surface area (Å²) in [5, 5.41) is 14.7. The highest BCUT2D eigenvalue weighted by Crippen LogP contribution is 2.30. The number of pyridine rings is 1. The molecule has 1 unspecified atom stereocenters. The second kappa shape index (κ2) is 7.79. The summed E-state index contributed by atoms with van der Waals surface area (Å²) >= 11 is 0. The van der Waals surface area contributed by atoms with Crippen molar-refractivity contribution in [2.24, 2.45) is 5.92 Å². The van der Waals surface area contributed by atoms with Crippen LogP contribution in [0.2, 0.25) is 0 Å². The van der Waals surface area contributed by atoms with Gasteiger partial charge in [0.1, 0.15) is 11.3 Å². The van der Waals surface area contributed by atoms with Gasteiger partial charge in [-0.3, -0.25) is 0 Å². The number of anilines is 1. The van der Waals surface area contributed by atoms with Gasteiger partial charge in [-0.25, -0.2) is 15.0 Å². The van der Waals surface area contributed by atoms with E-state index in [4.69, 9.17) is 10.5 Å².